The van der Waals surface area contributed by atoms with Crippen LogP contribution >= 0.6 is 0 Å². The summed E-state index contributed by atoms with van der Waals surface area (Å²) in [5.74, 6) is -2.17. The van der Waals surface area contributed by atoms with Gasteiger partial charge in [0.05, 0.1) is 37.2 Å². The number of amides is 2. The third-order valence-corrected chi connectivity index (χ3v) is 3.92. The van der Waals surface area contributed by atoms with E-state index >= 15 is 0 Å². The maximum absolute atomic E-state index is 12.3. The fourth-order valence-corrected chi connectivity index (χ4v) is 2.85. The number of hydrogen-bond acceptors (Lipinski definition) is 5. The molecule has 0 N–H and O–H groups in total. The average Bonchev–Trinajstić information content (AvgIpc) is 3.18. The highest BCUT2D eigenvalue weighted by molar-refractivity contribution is 6.27. The third kappa shape index (κ3) is 1.98. The number of esters is 1. The highest BCUT2D eigenvalue weighted by atomic mass is 16.5. The maximum atomic E-state index is 12.3. The number of piperidine rings is 1. The molecule has 110 valence electrons. The molecule has 1 unspecified atom stereocenters. The molecule has 6 nitrogen and oxygen atoms in total. The van der Waals surface area contributed by atoms with Crippen molar-refractivity contribution in [1.82, 2.24) is 0 Å². The lowest BCUT2D eigenvalue weighted by molar-refractivity contribution is -0.147. The van der Waals surface area contributed by atoms with E-state index in [1.54, 1.807) is 38.3 Å². The number of methoxy groups -OCH3 is 1. The van der Waals surface area contributed by atoms with Crippen molar-refractivity contribution in [2.75, 3.05) is 18.6 Å². The van der Waals surface area contributed by atoms with Gasteiger partial charge in [-0.1, -0.05) is 0 Å². The van der Waals surface area contributed by atoms with Gasteiger partial charge in [-0.2, -0.15) is 0 Å². The van der Waals surface area contributed by atoms with Crippen molar-refractivity contribution in [3.8, 4) is 5.75 Å². The number of nitrogens with zero attached hydrogens (tertiary/aromatic N) is 1. The second kappa shape index (κ2) is 4.87. The van der Waals surface area contributed by atoms with E-state index in [0.29, 0.717) is 11.4 Å². The molecule has 2 amide bonds. The molecule has 3 rings (SSSR count). The van der Waals surface area contributed by atoms with Gasteiger partial charge in [0.15, 0.2) is 0 Å². The van der Waals surface area contributed by atoms with Gasteiger partial charge >= 0.3 is 5.97 Å². The average molecular weight is 289 g/mol. The molecule has 1 aromatic rings. The Labute approximate surface area is 121 Å². The second-order valence-corrected chi connectivity index (χ2v) is 5.04. The molecule has 0 radical (unpaired) electrons. The van der Waals surface area contributed by atoms with Crippen LogP contribution in [-0.4, -0.2) is 31.5 Å². The Kier molecular flexibility index (Phi) is 3.16. The van der Waals surface area contributed by atoms with E-state index in [1.165, 1.54) is 0 Å². The molecule has 0 spiro atoms. The number of hydrogen-bond donors (Lipinski definition) is 0. The first-order valence-electron chi connectivity index (χ1n) is 6.78. The molecular weight excluding hydrogens is 274 g/mol. The van der Waals surface area contributed by atoms with Crippen LogP contribution in [0.25, 0.3) is 0 Å². The van der Waals surface area contributed by atoms with Gasteiger partial charge in [0.25, 0.3) is 0 Å². The van der Waals surface area contributed by atoms with E-state index in [4.69, 9.17) is 9.47 Å². The molecule has 0 bridgehead atoms. The first-order chi connectivity index (χ1) is 10.1. The summed E-state index contributed by atoms with van der Waals surface area (Å²) in [6, 6.07) is 6.67. The van der Waals surface area contributed by atoms with Crippen molar-refractivity contribution in [3.05, 3.63) is 24.3 Å². The lowest BCUT2D eigenvalue weighted by Crippen LogP contribution is -2.36. The van der Waals surface area contributed by atoms with Gasteiger partial charge in [0.2, 0.25) is 11.8 Å². The monoisotopic (exact) mass is 289 g/mol. The van der Waals surface area contributed by atoms with Gasteiger partial charge in [-0.05, 0) is 31.2 Å². The Bertz CT molecular complexity index is 587. The third-order valence-electron chi connectivity index (χ3n) is 3.92. The molecule has 2 fully saturated rings. The molecule has 6 heteroatoms. The Hall–Kier alpha value is -2.37. The number of carbonyl (C=O) groups is 3. The Balaban J connectivity index is 1.78. The fraction of sp³-hybridized carbons (Fsp3) is 0.400. The Morgan fingerprint density at radius 2 is 1.71 bits per heavy atom. The summed E-state index contributed by atoms with van der Waals surface area (Å²) in [5, 5.41) is 0. The van der Waals surface area contributed by atoms with Crippen LogP contribution in [0.15, 0.2) is 24.3 Å². The van der Waals surface area contributed by atoms with Crippen molar-refractivity contribution in [2.24, 2.45) is 17.8 Å². The van der Waals surface area contributed by atoms with Crippen LogP contribution in [0.5, 0.6) is 5.75 Å². The predicted molar refractivity (Wildman–Crippen MR) is 72.6 cm³/mol. The van der Waals surface area contributed by atoms with Crippen LogP contribution in [0, 0.1) is 17.8 Å². The summed E-state index contributed by atoms with van der Waals surface area (Å²) in [6.07, 6.45) is 0. The molecule has 1 aromatic carbocycles. The SMILES string of the molecule is CCOC(=O)C1[C@H]2C(=O)N(c3ccc(OC)cc3)C(=O)[C@@H]12. The topological polar surface area (TPSA) is 72.9 Å². The summed E-state index contributed by atoms with van der Waals surface area (Å²) >= 11 is 0. The summed E-state index contributed by atoms with van der Waals surface area (Å²) in [7, 11) is 1.54. The second-order valence-electron chi connectivity index (χ2n) is 5.04. The molecule has 21 heavy (non-hydrogen) atoms. The summed E-state index contributed by atoms with van der Waals surface area (Å²) in [5.41, 5.74) is 0.501. The van der Waals surface area contributed by atoms with E-state index in [1.807, 2.05) is 0 Å². The molecular formula is C15H15NO5. The highest BCUT2D eigenvalue weighted by Crippen LogP contribution is 2.54. The molecule has 1 saturated carbocycles. The minimum absolute atomic E-state index is 0.249. The van der Waals surface area contributed by atoms with E-state index < -0.39 is 23.7 Å². The summed E-state index contributed by atoms with van der Waals surface area (Å²) in [4.78, 5) is 37.4. The molecule has 3 atom stereocenters. The minimum Gasteiger partial charge on any atom is -0.497 e. The highest BCUT2D eigenvalue weighted by Gasteiger charge is 2.71. The van der Waals surface area contributed by atoms with Crippen LogP contribution in [0.3, 0.4) is 0 Å². The molecule has 1 heterocycles. The largest absolute Gasteiger partial charge is 0.497 e. The van der Waals surface area contributed by atoms with E-state index in [-0.39, 0.29) is 18.4 Å². The zero-order chi connectivity index (χ0) is 15.1. The fourth-order valence-electron chi connectivity index (χ4n) is 2.85. The zero-order valence-corrected chi connectivity index (χ0v) is 11.7. The van der Waals surface area contributed by atoms with Crippen molar-refractivity contribution < 1.29 is 23.9 Å². The number of benzene rings is 1. The van der Waals surface area contributed by atoms with Crippen molar-refractivity contribution in [3.63, 3.8) is 0 Å². The molecule has 1 aliphatic carbocycles. The quantitative estimate of drug-likeness (QED) is 0.610. The minimum atomic E-state index is -0.598. The van der Waals surface area contributed by atoms with Gasteiger partial charge in [-0.3, -0.25) is 19.3 Å². The lowest BCUT2D eigenvalue weighted by atomic mass is 10.2. The van der Waals surface area contributed by atoms with Crippen molar-refractivity contribution in [1.29, 1.82) is 0 Å². The molecule has 0 aromatic heterocycles. The first-order valence-corrected chi connectivity index (χ1v) is 6.78. The number of fused-ring (bicyclic) bond motifs is 1. The van der Waals surface area contributed by atoms with E-state index in [9.17, 15) is 14.4 Å². The number of carbonyl (C=O) groups excluding carboxylic acids is 3. The van der Waals surface area contributed by atoms with E-state index in [0.717, 1.165) is 4.90 Å². The van der Waals surface area contributed by atoms with Gasteiger partial charge in [-0.25, -0.2) is 0 Å². The Morgan fingerprint density at radius 3 is 2.19 bits per heavy atom. The molecule has 2 aliphatic rings. The van der Waals surface area contributed by atoms with Gasteiger partial charge in [-0.15, -0.1) is 0 Å². The van der Waals surface area contributed by atoms with Crippen LogP contribution < -0.4 is 9.64 Å². The standard InChI is InChI=1S/C15H15NO5/c1-3-21-15(19)12-10-11(12)14(18)16(13(10)17)8-4-6-9(20-2)7-5-8/h4-7,10-12H,3H2,1-2H3/t10-,11+,12?. The normalized spacial score (nSPS) is 26.6. The lowest BCUT2D eigenvalue weighted by Gasteiger charge is -2.18. The summed E-state index contributed by atoms with van der Waals surface area (Å²) in [6.45, 7) is 1.95. The molecule has 1 aliphatic heterocycles. The number of rotatable bonds is 4. The first kappa shape index (κ1) is 13.6. The van der Waals surface area contributed by atoms with Crippen molar-refractivity contribution in [2.45, 2.75) is 6.92 Å². The van der Waals surface area contributed by atoms with Crippen LogP contribution in [0.4, 0.5) is 5.69 Å². The number of anilines is 1. The number of ether oxygens (including phenoxy) is 2. The smallest absolute Gasteiger partial charge is 0.310 e. The van der Waals surface area contributed by atoms with Crippen LogP contribution in [-0.2, 0) is 19.1 Å². The maximum Gasteiger partial charge on any atom is 0.310 e. The van der Waals surface area contributed by atoms with Crippen molar-refractivity contribution >= 4 is 23.5 Å². The van der Waals surface area contributed by atoms with Gasteiger partial charge < -0.3 is 9.47 Å². The Morgan fingerprint density at radius 1 is 1.14 bits per heavy atom. The van der Waals surface area contributed by atoms with Crippen LogP contribution in [0.1, 0.15) is 6.92 Å². The van der Waals surface area contributed by atoms with E-state index in [2.05, 4.69) is 0 Å². The van der Waals surface area contributed by atoms with Gasteiger partial charge in [0.1, 0.15) is 5.75 Å². The van der Waals surface area contributed by atoms with Crippen LogP contribution in [0.2, 0.25) is 0 Å². The predicted octanol–water partition coefficient (Wildman–Crippen LogP) is 0.994. The summed E-state index contributed by atoms with van der Waals surface area (Å²) < 4.78 is 9.93. The number of imide groups is 1. The molecule has 1 saturated heterocycles. The zero-order valence-electron chi connectivity index (χ0n) is 11.7. The van der Waals surface area contributed by atoms with Gasteiger partial charge in [0, 0.05) is 0 Å².